The van der Waals surface area contributed by atoms with Gasteiger partial charge in [-0.15, -0.1) is 0 Å². The Labute approximate surface area is 45.3 Å². The molecule has 0 spiro atoms. The molecular formula is C2H7N3O3. The maximum absolute atomic E-state index is 9.73. The first kappa shape index (κ1) is 7.15. The molecule has 0 aromatic heterocycles. The van der Waals surface area contributed by atoms with Crippen molar-refractivity contribution in [2.75, 3.05) is 0 Å². The van der Waals surface area contributed by atoms with Crippen molar-refractivity contribution in [3.8, 4) is 0 Å². The number of nitrogens with one attached hydrogen (secondary N) is 2. The zero-order valence-corrected chi connectivity index (χ0v) is 3.96. The summed E-state index contributed by atoms with van der Waals surface area (Å²) in [7, 11) is 0. The van der Waals surface area contributed by atoms with Crippen LogP contribution in [-0.4, -0.2) is 22.7 Å². The largest absolute Gasteiger partial charge is 0.355 e. The number of aliphatic hydroxyl groups is 2. The number of hydrogen-bond donors (Lipinski definition) is 5. The lowest BCUT2D eigenvalue weighted by atomic mass is 11.1. The first-order chi connectivity index (χ1) is 3.63. The number of amides is 2. The van der Waals surface area contributed by atoms with E-state index < -0.39 is 12.4 Å². The molecule has 0 unspecified atom stereocenters. The van der Waals surface area contributed by atoms with Crippen molar-refractivity contribution in [3.05, 3.63) is 0 Å². The molecule has 0 aliphatic heterocycles. The number of urea groups is 1. The number of hydrazine groups is 1. The fraction of sp³-hybridized carbons (Fsp3) is 0.500. The quantitative estimate of drug-likeness (QED) is 0.204. The molecule has 0 aliphatic rings. The summed E-state index contributed by atoms with van der Waals surface area (Å²) in [6.07, 6.45) is -1.78. The van der Waals surface area contributed by atoms with Crippen LogP contribution < -0.4 is 16.6 Å². The lowest BCUT2D eigenvalue weighted by molar-refractivity contribution is -0.0724. The molecule has 48 valence electrons. The van der Waals surface area contributed by atoms with E-state index in [1.165, 1.54) is 0 Å². The summed E-state index contributed by atoms with van der Waals surface area (Å²) < 4.78 is 0. The van der Waals surface area contributed by atoms with E-state index in [1.54, 1.807) is 10.9 Å². The van der Waals surface area contributed by atoms with Crippen LogP contribution in [0.15, 0.2) is 0 Å². The number of primary amides is 1. The first-order valence-corrected chi connectivity index (χ1v) is 1.80. The van der Waals surface area contributed by atoms with E-state index in [0.29, 0.717) is 0 Å². The van der Waals surface area contributed by atoms with Gasteiger partial charge in [0.15, 0.2) is 0 Å². The number of hydrogen-bond acceptors (Lipinski definition) is 4. The van der Waals surface area contributed by atoms with E-state index >= 15 is 0 Å². The fourth-order valence-electron chi connectivity index (χ4n) is 0.136. The monoisotopic (exact) mass is 121 g/mol. The molecule has 6 N–H and O–H groups in total. The number of rotatable bonds is 2. The summed E-state index contributed by atoms with van der Waals surface area (Å²) in [4.78, 5) is 9.73. The van der Waals surface area contributed by atoms with Gasteiger partial charge in [0.25, 0.3) is 0 Å². The summed E-state index contributed by atoms with van der Waals surface area (Å²) in [5, 5.41) is 16.0. The third kappa shape index (κ3) is 5.15. The van der Waals surface area contributed by atoms with Crippen LogP contribution in [0.3, 0.4) is 0 Å². The minimum absolute atomic E-state index is 0.877. The van der Waals surface area contributed by atoms with Gasteiger partial charge in [0.05, 0.1) is 0 Å². The zero-order chi connectivity index (χ0) is 6.57. The minimum atomic E-state index is -1.78. The van der Waals surface area contributed by atoms with Crippen molar-refractivity contribution >= 4 is 6.03 Å². The average Bonchev–Trinajstić information content (AvgIpc) is 1.61. The molecule has 0 aromatic carbocycles. The highest BCUT2D eigenvalue weighted by molar-refractivity contribution is 5.70. The number of nitrogens with two attached hydrogens (primary N) is 1. The molecule has 6 nitrogen and oxygen atoms in total. The second kappa shape index (κ2) is 3.19. The lowest BCUT2D eigenvalue weighted by Gasteiger charge is -2.03. The third-order valence-electron chi connectivity index (χ3n) is 0.324. The molecule has 8 heavy (non-hydrogen) atoms. The molecule has 0 fully saturated rings. The molecular weight excluding hydrogens is 114 g/mol. The summed E-state index contributed by atoms with van der Waals surface area (Å²) in [6.45, 7) is 0. The van der Waals surface area contributed by atoms with Crippen LogP contribution in [0.5, 0.6) is 0 Å². The maximum Gasteiger partial charge on any atom is 0.326 e. The second-order valence-corrected chi connectivity index (χ2v) is 1.01. The van der Waals surface area contributed by atoms with E-state index in [-0.39, 0.29) is 0 Å². The Balaban J connectivity index is 3.05. The molecule has 0 aliphatic carbocycles. The Bertz CT molecular complexity index is 82.6. The highest BCUT2D eigenvalue weighted by atomic mass is 16.5. The summed E-state index contributed by atoms with van der Waals surface area (Å²) in [5.41, 5.74) is 7.97. The Morgan fingerprint density at radius 3 is 2.25 bits per heavy atom. The van der Waals surface area contributed by atoms with E-state index in [2.05, 4.69) is 5.73 Å². The molecule has 0 saturated carbocycles. The van der Waals surface area contributed by atoms with Crippen molar-refractivity contribution in [1.29, 1.82) is 0 Å². The highest BCUT2D eigenvalue weighted by Crippen LogP contribution is 1.56. The first-order valence-electron chi connectivity index (χ1n) is 1.80. The van der Waals surface area contributed by atoms with Crippen molar-refractivity contribution in [2.45, 2.75) is 6.41 Å². The van der Waals surface area contributed by atoms with Crippen molar-refractivity contribution in [3.63, 3.8) is 0 Å². The maximum atomic E-state index is 9.73. The number of carbonyl (C=O) groups excluding carboxylic acids is 1. The van der Waals surface area contributed by atoms with E-state index in [0.717, 1.165) is 0 Å². The van der Waals surface area contributed by atoms with Gasteiger partial charge in [-0.1, -0.05) is 0 Å². The standard InChI is InChI=1S/C2H7N3O3/c3-1(6)4-5-2(7)8/h2,5,7-8H,(H3,3,4,6). The Hall–Kier alpha value is -0.850. The molecule has 0 atom stereocenters. The Morgan fingerprint density at radius 1 is 1.62 bits per heavy atom. The van der Waals surface area contributed by atoms with Crippen molar-refractivity contribution in [1.82, 2.24) is 10.9 Å². The number of carbonyl (C=O) groups is 1. The van der Waals surface area contributed by atoms with Crippen molar-refractivity contribution in [2.24, 2.45) is 5.73 Å². The van der Waals surface area contributed by atoms with E-state index in [4.69, 9.17) is 10.2 Å². The van der Waals surface area contributed by atoms with Gasteiger partial charge in [0.1, 0.15) is 0 Å². The van der Waals surface area contributed by atoms with Crippen molar-refractivity contribution < 1.29 is 15.0 Å². The van der Waals surface area contributed by atoms with Gasteiger partial charge in [-0.3, -0.25) is 5.43 Å². The van der Waals surface area contributed by atoms with Gasteiger partial charge >= 0.3 is 6.03 Å². The van der Waals surface area contributed by atoms with Gasteiger partial charge in [-0.05, 0) is 0 Å². The van der Waals surface area contributed by atoms with Gasteiger partial charge in [-0.25, -0.2) is 4.79 Å². The summed E-state index contributed by atoms with van der Waals surface area (Å²) in [5.74, 6) is 0. The van der Waals surface area contributed by atoms with Crippen LogP contribution in [0, 0.1) is 0 Å². The molecule has 0 rings (SSSR count). The highest BCUT2D eigenvalue weighted by Gasteiger charge is 1.93. The molecule has 2 amide bonds. The Kier molecular flexibility index (Phi) is 2.85. The topological polar surface area (TPSA) is 108 Å². The lowest BCUT2D eigenvalue weighted by Crippen LogP contribution is -2.46. The van der Waals surface area contributed by atoms with Gasteiger partial charge in [0, 0.05) is 0 Å². The van der Waals surface area contributed by atoms with Gasteiger partial charge < -0.3 is 15.9 Å². The predicted octanol–water partition coefficient (Wildman–Crippen LogP) is -2.57. The minimum Gasteiger partial charge on any atom is -0.355 e. The van der Waals surface area contributed by atoms with E-state index in [1.807, 2.05) is 0 Å². The van der Waals surface area contributed by atoms with Crippen LogP contribution in [0.2, 0.25) is 0 Å². The van der Waals surface area contributed by atoms with E-state index in [9.17, 15) is 4.79 Å². The van der Waals surface area contributed by atoms with Crippen LogP contribution in [0.25, 0.3) is 0 Å². The molecule has 0 heterocycles. The van der Waals surface area contributed by atoms with Crippen LogP contribution >= 0.6 is 0 Å². The second-order valence-electron chi connectivity index (χ2n) is 1.01. The molecule has 0 radical (unpaired) electrons. The molecule has 6 heteroatoms. The normalized spacial score (nSPS) is 9.38. The average molecular weight is 121 g/mol. The summed E-state index contributed by atoms with van der Waals surface area (Å²) >= 11 is 0. The predicted molar refractivity (Wildman–Crippen MR) is 24.1 cm³/mol. The molecule has 0 saturated heterocycles. The van der Waals surface area contributed by atoms with Crippen LogP contribution in [0.4, 0.5) is 4.79 Å². The smallest absolute Gasteiger partial charge is 0.326 e. The molecule has 0 bridgehead atoms. The Morgan fingerprint density at radius 2 is 2.12 bits per heavy atom. The zero-order valence-electron chi connectivity index (χ0n) is 3.96. The van der Waals surface area contributed by atoms with Crippen LogP contribution in [0.1, 0.15) is 0 Å². The van der Waals surface area contributed by atoms with Crippen LogP contribution in [-0.2, 0) is 0 Å². The molecule has 0 aromatic rings. The van der Waals surface area contributed by atoms with Gasteiger partial charge in [-0.2, -0.15) is 5.43 Å². The summed E-state index contributed by atoms with van der Waals surface area (Å²) in [6, 6.07) is -0.877. The fourth-order valence-corrected chi connectivity index (χ4v) is 0.136. The SMILES string of the molecule is NC(=O)NNC(O)O. The number of aliphatic hydroxyl groups excluding tert-OH is 1. The third-order valence-corrected chi connectivity index (χ3v) is 0.324. The van der Waals surface area contributed by atoms with Gasteiger partial charge in [0.2, 0.25) is 6.41 Å².